The van der Waals surface area contributed by atoms with Crippen molar-refractivity contribution in [3.8, 4) is 0 Å². The van der Waals surface area contributed by atoms with Crippen LogP contribution in [0.1, 0.15) is 32.0 Å². The molecule has 0 saturated heterocycles. The lowest BCUT2D eigenvalue weighted by Gasteiger charge is -2.11. The number of nitro benzene ring substituents is 1. The van der Waals surface area contributed by atoms with Crippen molar-refractivity contribution in [1.82, 2.24) is 14.3 Å². The van der Waals surface area contributed by atoms with E-state index in [1.807, 2.05) is 29.7 Å². The zero-order valence-electron chi connectivity index (χ0n) is 13.2. The zero-order chi connectivity index (χ0) is 17.7. The molecular formula is C17H12N4O4. The standard InChI is InChI=1S/C17H12N4O4/c1-10-2-5-15-18-11(8-19(15)7-10)9-20-16(22)13-4-3-12(21(24)25)6-14(13)17(20)23/h2-8H,9H2,1H3. The Kier molecular flexibility index (Phi) is 3.14. The molecule has 1 aromatic carbocycles. The molecule has 2 amide bonds. The molecule has 0 saturated carbocycles. The van der Waals surface area contributed by atoms with Crippen LogP contribution in [0.5, 0.6) is 0 Å². The Morgan fingerprint density at radius 3 is 2.60 bits per heavy atom. The van der Waals surface area contributed by atoms with Crippen LogP contribution in [0.2, 0.25) is 0 Å². The van der Waals surface area contributed by atoms with Crippen LogP contribution in [0.15, 0.2) is 42.7 Å². The molecule has 0 fully saturated rings. The van der Waals surface area contributed by atoms with Gasteiger partial charge in [0, 0.05) is 24.5 Å². The molecule has 0 atom stereocenters. The van der Waals surface area contributed by atoms with Crippen molar-refractivity contribution in [1.29, 1.82) is 0 Å². The van der Waals surface area contributed by atoms with Gasteiger partial charge in [0.15, 0.2) is 0 Å². The topological polar surface area (TPSA) is 97.8 Å². The van der Waals surface area contributed by atoms with Crippen molar-refractivity contribution < 1.29 is 14.5 Å². The molecule has 124 valence electrons. The number of amides is 2. The van der Waals surface area contributed by atoms with Crippen LogP contribution >= 0.6 is 0 Å². The van der Waals surface area contributed by atoms with E-state index < -0.39 is 16.7 Å². The molecule has 4 rings (SSSR count). The number of imide groups is 1. The number of carbonyl (C=O) groups is 2. The number of hydrogen-bond acceptors (Lipinski definition) is 5. The predicted molar refractivity (Wildman–Crippen MR) is 87.2 cm³/mol. The lowest BCUT2D eigenvalue weighted by molar-refractivity contribution is -0.384. The molecule has 3 aromatic rings. The Bertz CT molecular complexity index is 1070. The first-order valence-corrected chi connectivity index (χ1v) is 7.53. The predicted octanol–water partition coefficient (Wildman–Crippen LogP) is 2.35. The third kappa shape index (κ3) is 2.35. The number of imidazole rings is 1. The number of rotatable bonds is 3. The molecule has 3 heterocycles. The molecule has 1 aliphatic rings. The molecule has 1 aliphatic heterocycles. The van der Waals surface area contributed by atoms with Gasteiger partial charge >= 0.3 is 0 Å². The fourth-order valence-corrected chi connectivity index (χ4v) is 2.93. The number of benzene rings is 1. The normalized spacial score (nSPS) is 13.6. The first kappa shape index (κ1) is 15.0. The second-order valence-electron chi connectivity index (χ2n) is 5.89. The fraction of sp³-hybridized carbons (Fsp3) is 0.118. The van der Waals surface area contributed by atoms with E-state index in [0.717, 1.165) is 16.5 Å². The van der Waals surface area contributed by atoms with Crippen LogP contribution in [-0.4, -0.2) is 31.0 Å². The van der Waals surface area contributed by atoms with Gasteiger partial charge in [-0.3, -0.25) is 24.6 Å². The molecule has 25 heavy (non-hydrogen) atoms. The van der Waals surface area contributed by atoms with Crippen molar-refractivity contribution in [2.45, 2.75) is 13.5 Å². The Balaban J connectivity index is 1.67. The Morgan fingerprint density at radius 1 is 1.08 bits per heavy atom. The van der Waals surface area contributed by atoms with Crippen LogP contribution < -0.4 is 0 Å². The second-order valence-corrected chi connectivity index (χ2v) is 5.89. The number of hydrogen-bond donors (Lipinski definition) is 0. The van der Waals surface area contributed by atoms with Gasteiger partial charge in [-0.05, 0) is 24.6 Å². The van der Waals surface area contributed by atoms with Gasteiger partial charge in [0.1, 0.15) is 5.65 Å². The molecule has 8 heteroatoms. The first-order valence-electron chi connectivity index (χ1n) is 7.53. The Morgan fingerprint density at radius 2 is 1.84 bits per heavy atom. The van der Waals surface area contributed by atoms with Crippen molar-refractivity contribution >= 4 is 23.1 Å². The van der Waals surface area contributed by atoms with Gasteiger partial charge in [-0.1, -0.05) is 6.07 Å². The third-order valence-electron chi connectivity index (χ3n) is 4.13. The average Bonchev–Trinajstić information content (AvgIpc) is 3.08. The van der Waals surface area contributed by atoms with Crippen LogP contribution in [0.25, 0.3) is 5.65 Å². The second kappa shape index (κ2) is 5.23. The summed E-state index contributed by atoms with van der Waals surface area (Å²) in [6, 6.07) is 7.46. The smallest absolute Gasteiger partial charge is 0.270 e. The van der Waals surface area contributed by atoms with Crippen LogP contribution in [0.4, 0.5) is 5.69 Å². The highest BCUT2D eigenvalue weighted by atomic mass is 16.6. The summed E-state index contributed by atoms with van der Waals surface area (Å²) in [5.41, 5.74) is 2.35. The van der Waals surface area contributed by atoms with E-state index in [1.165, 1.54) is 12.1 Å². The van der Waals surface area contributed by atoms with Gasteiger partial charge < -0.3 is 4.40 Å². The van der Waals surface area contributed by atoms with Gasteiger partial charge in [0.2, 0.25) is 0 Å². The maximum Gasteiger partial charge on any atom is 0.270 e. The van der Waals surface area contributed by atoms with E-state index in [0.29, 0.717) is 11.3 Å². The lowest BCUT2D eigenvalue weighted by atomic mass is 10.1. The minimum Gasteiger partial charge on any atom is -0.306 e. The maximum absolute atomic E-state index is 12.5. The van der Waals surface area contributed by atoms with E-state index in [-0.39, 0.29) is 23.4 Å². The Hall–Kier alpha value is -3.55. The molecular weight excluding hydrogens is 324 g/mol. The molecule has 0 unspecified atom stereocenters. The summed E-state index contributed by atoms with van der Waals surface area (Å²) in [6.07, 6.45) is 3.66. The van der Waals surface area contributed by atoms with E-state index in [2.05, 4.69) is 4.98 Å². The minimum absolute atomic E-state index is 0.0148. The zero-order valence-corrected chi connectivity index (χ0v) is 13.2. The van der Waals surface area contributed by atoms with E-state index in [4.69, 9.17) is 0 Å². The number of pyridine rings is 1. The molecule has 2 aromatic heterocycles. The van der Waals surface area contributed by atoms with Crippen LogP contribution in [-0.2, 0) is 6.54 Å². The fourth-order valence-electron chi connectivity index (χ4n) is 2.93. The summed E-state index contributed by atoms with van der Waals surface area (Å²) in [6.45, 7) is 1.97. The minimum atomic E-state index is -0.592. The van der Waals surface area contributed by atoms with E-state index >= 15 is 0 Å². The van der Waals surface area contributed by atoms with Gasteiger partial charge in [-0.25, -0.2) is 4.98 Å². The first-order chi connectivity index (χ1) is 11.9. The van der Waals surface area contributed by atoms with Crippen LogP contribution in [0.3, 0.4) is 0 Å². The summed E-state index contributed by atoms with van der Waals surface area (Å²) in [7, 11) is 0. The molecule has 0 bridgehead atoms. The maximum atomic E-state index is 12.5. The van der Waals surface area contributed by atoms with E-state index in [1.54, 1.807) is 6.20 Å². The molecule has 0 radical (unpaired) electrons. The monoisotopic (exact) mass is 336 g/mol. The van der Waals surface area contributed by atoms with Gasteiger partial charge in [-0.15, -0.1) is 0 Å². The number of nitro groups is 1. The molecule has 0 spiro atoms. The Labute approximate surface area is 141 Å². The van der Waals surface area contributed by atoms with Gasteiger partial charge in [0.25, 0.3) is 17.5 Å². The van der Waals surface area contributed by atoms with Crippen molar-refractivity contribution in [2.75, 3.05) is 0 Å². The highest BCUT2D eigenvalue weighted by Gasteiger charge is 2.37. The molecule has 8 nitrogen and oxygen atoms in total. The van der Waals surface area contributed by atoms with Gasteiger partial charge in [-0.2, -0.15) is 0 Å². The van der Waals surface area contributed by atoms with Crippen LogP contribution in [0, 0.1) is 17.0 Å². The number of aryl methyl sites for hydroxylation is 1. The summed E-state index contributed by atoms with van der Waals surface area (Å²) in [5.74, 6) is -1.01. The largest absolute Gasteiger partial charge is 0.306 e. The average molecular weight is 336 g/mol. The number of carbonyl (C=O) groups excluding carboxylic acids is 2. The number of non-ortho nitro benzene ring substituents is 1. The number of fused-ring (bicyclic) bond motifs is 2. The highest BCUT2D eigenvalue weighted by Crippen LogP contribution is 2.27. The SMILES string of the molecule is Cc1ccc2nc(CN3C(=O)c4ccc([N+](=O)[O-])cc4C3=O)cn2c1. The third-order valence-corrected chi connectivity index (χ3v) is 4.13. The number of nitrogens with zero attached hydrogens (tertiary/aromatic N) is 4. The highest BCUT2D eigenvalue weighted by molar-refractivity contribution is 6.21. The summed E-state index contributed by atoms with van der Waals surface area (Å²) in [4.78, 5) is 40.7. The summed E-state index contributed by atoms with van der Waals surface area (Å²) < 4.78 is 1.83. The van der Waals surface area contributed by atoms with E-state index in [9.17, 15) is 19.7 Å². The van der Waals surface area contributed by atoms with Crippen molar-refractivity contribution in [2.24, 2.45) is 0 Å². The molecule has 0 aliphatic carbocycles. The van der Waals surface area contributed by atoms with Crippen molar-refractivity contribution in [3.63, 3.8) is 0 Å². The lowest BCUT2D eigenvalue weighted by Crippen LogP contribution is -2.29. The number of aromatic nitrogens is 2. The molecule has 0 N–H and O–H groups in total. The van der Waals surface area contributed by atoms with Gasteiger partial charge in [0.05, 0.1) is 28.3 Å². The quantitative estimate of drug-likeness (QED) is 0.415. The summed E-state index contributed by atoms with van der Waals surface area (Å²) >= 11 is 0. The summed E-state index contributed by atoms with van der Waals surface area (Å²) in [5, 5.41) is 10.9. The van der Waals surface area contributed by atoms with Crippen molar-refractivity contribution in [3.05, 3.63) is 75.2 Å².